The molecule has 0 aliphatic heterocycles. The number of rotatable bonds is 1. The van der Waals surface area contributed by atoms with Crippen molar-refractivity contribution in [2.45, 2.75) is 51.0 Å². The van der Waals surface area contributed by atoms with Gasteiger partial charge in [0.15, 0.2) is 0 Å². The highest BCUT2D eigenvalue weighted by molar-refractivity contribution is 4.96. The molecule has 0 bridgehead atoms. The summed E-state index contributed by atoms with van der Waals surface area (Å²) in [7, 11) is 0. The molecule has 0 radical (unpaired) electrons. The molecule has 1 nitrogen and oxygen atoms in total. The highest BCUT2D eigenvalue weighted by Crippen LogP contribution is 2.35. The molecule has 1 heteroatoms. The van der Waals surface area contributed by atoms with E-state index in [-0.39, 0.29) is 6.10 Å². The quantitative estimate of drug-likeness (QED) is 0.615. The molecule has 1 fully saturated rings. The predicted octanol–water partition coefficient (Wildman–Crippen LogP) is 2.89. The van der Waals surface area contributed by atoms with Crippen LogP contribution in [0.25, 0.3) is 0 Å². The molecule has 0 heterocycles. The Labute approximate surface area is 80.8 Å². The summed E-state index contributed by atoms with van der Waals surface area (Å²) in [5.41, 5.74) is 0. The van der Waals surface area contributed by atoms with Gasteiger partial charge in [0.1, 0.15) is 0 Å². The summed E-state index contributed by atoms with van der Waals surface area (Å²) in [4.78, 5) is 0. The number of hydrogen-bond acceptors (Lipinski definition) is 1. The van der Waals surface area contributed by atoms with Crippen molar-refractivity contribution in [3.8, 4) is 0 Å². The van der Waals surface area contributed by atoms with Crippen molar-refractivity contribution in [2.75, 3.05) is 0 Å². The molecule has 2 aliphatic rings. The summed E-state index contributed by atoms with van der Waals surface area (Å²) in [5, 5.41) is 9.41. The van der Waals surface area contributed by atoms with E-state index in [1.54, 1.807) is 0 Å². The molecule has 1 N–H and O–H groups in total. The zero-order valence-electron chi connectivity index (χ0n) is 8.28. The Morgan fingerprint density at radius 2 is 1.77 bits per heavy atom. The van der Waals surface area contributed by atoms with Crippen LogP contribution >= 0.6 is 0 Å². The SMILES string of the molecule is OC1CCC(C2C=CCCC2)CC1. The van der Waals surface area contributed by atoms with Gasteiger partial charge in [-0.2, -0.15) is 0 Å². The first-order valence-corrected chi connectivity index (χ1v) is 5.71. The third kappa shape index (κ3) is 2.34. The fourth-order valence-electron chi connectivity index (χ4n) is 2.76. The highest BCUT2D eigenvalue weighted by atomic mass is 16.3. The van der Waals surface area contributed by atoms with Crippen LogP contribution in [0, 0.1) is 11.8 Å². The van der Waals surface area contributed by atoms with Crippen molar-refractivity contribution in [2.24, 2.45) is 11.8 Å². The Morgan fingerprint density at radius 3 is 2.38 bits per heavy atom. The van der Waals surface area contributed by atoms with Gasteiger partial charge in [0.2, 0.25) is 0 Å². The van der Waals surface area contributed by atoms with Gasteiger partial charge >= 0.3 is 0 Å². The number of aliphatic hydroxyl groups excluding tert-OH is 1. The van der Waals surface area contributed by atoms with Crippen LogP contribution in [0.4, 0.5) is 0 Å². The van der Waals surface area contributed by atoms with Crippen LogP contribution in [0.1, 0.15) is 44.9 Å². The monoisotopic (exact) mass is 180 g/mol. The van der Waals surface area contributed by atoms with Crippen molar-refractivity contribution in [1.82, 2.24) is 0 Å². The molecule has 1 saturated carbocycles. The Hall–Kier alpha value is -0.300. The Kier molecular flexibility index (Phi) is 3.05. The molecule has 0 aromatic rings. The summed E-state index contributed by atoms with van der Waals surface area (Å²) >= 11 is 0. The van der Waals surface area contributed by atoms with Gasteiger partial charge in [-0.1, -0.05) is 12.2 Å². The van der Waals surface area contributed by atoms with E-state index in [1.165, 1.54) is 32.1 Å². The van der Waals surface area contributed by atoms with Gasteiger partial charge in [-0.05, 0) is 56.8 Å². The summed E-state index contributed by atoms with van der Waals surface area (Å²) < 4.78 is 0. The van der Waals surface area contributed by atoms with E-state index < -0.39 is 0 Å². The number of aliphatic hydroxyl groups is 1. The lowest BCUT2D eigenvalue weighted by Crippen LogP contribution is -2.23. The molecule has 0 saturated heterocycles. The van der Waals surface area contributed by atoms with Crippen molar-refractivity contribution in [1.29, 1.82) is 0 Å². The second-order valence-electron chi connectivity index (χ2n) is 4.59. The van der Waals surface area contributed by atoms with Crippen LogP contribution in [-0.4, -0.2) is 11.2 Å². The standard InChI is InChI=1S/C12H20O/c13-12-8-6-11(7-9-12)10-4-2-1-3-5-10/h2,4,10-13H,1,3,5-9H2. The van der Waals surface area contributed by atoms with Crippen LogP contribution in [-0.2, 0) is 0 Å². The molecule has 74 valence electrons. The Balaban J connectivity index is 1.86. The maximum absolute atomic E-state index is 9.41. The molecule has 1 unspecified atom stereocenters. The normalized spacial score (nSPS) is 40.5. The Bertz CT molecular complexity index is 178. The van der Waals surface area contributed by atoms with E-state index in [0.717, 1.165) is 24.7 Å². The van der Waals surface area contributed by atoms with Gasteiger partial charge < -0.3 is 5.11 Å². The summed E-state index contributed by atoms with van der Waals surface area (Å²) in [6, 6.07) is 0. The number of hydrogen-bond donors (Lipinski definition) is 1. The zero-order chi connectivity index (χ0) is 9.10. The molecular weight excluding hydrogens is 160 g/mol. The minimum atomic E-state index is 0.00354. The first kappa shape index (κ1) is 9.26. The summed E-state index contributed by atoms with van der Waals surface area (Å²) in [6.07, 6.45) is 13.4. The molecule has 2 rings (SSSR count). The Morgan fingerprint density at radius 1 is 1.00 bits per heavy atom. The minimum absolute atomic E-state index is 0.00354. The van der Waals surface area contributed by atoms with E-state index in [0.29, 0.717) is 0 Å². The van der Waals surface area contributed by atoms with Crippen LogP contribution < -0.4 is 0 Å². The van der Waals surface area contributed by atoms with E-state index in [4.69, 9.17) is 0 Å². The molecule has 0 amide bonds. The van der Waals surface area contributed by atoms with Gasteiger partial charge in [0, 0.05) is 0 Å². The summed E-state index contributed by atoms with van der Waals surface area (Å²) in [5.74, 6) is 1.71. The first-order valence-electron chi connectivity index (χ1n) is 5.71. The molecule has 1 atom stereocenters. The van der Waals surface area contributed by atoms with Gasteiger partial charge in [-0.25, -0.2) is 0 Å². The fraction of sp³-hybridized carbons (Fsp3) is 0.833. The van der Waals surface area contributed by atoms with E-state index in [2.05, 4.69) is 12.2 Å². The molecule has 2 aliphatic carbocycles. The predicted molar refractivity (Wildman–Crippen MR) is 54.4 cm³/mol. The second kappa shape index (κ2) is 4.28. The molecule has 0 spiro atoms. The maximum atomic E-state index is 9.41. The largest absolute Gasteiger partial charge is 0.393 e. The van der Waals surface area contributed by atoms with E-state index in [9.17, 15) is 5.11 Å². The first-order chi connectivity index (χ1) is 6.36. The smallest absolute Gasteiger partial charge is 0.0540 e. The zero-order valence-corrected chi connectivity index (χ0v) is 8.28. The molecular formula is C12H20O. The third-order valence-electron chi connectivity index (χ3n) is 3.64. The lowest BCUT2D eigenvalue weighted by molar-refractivity contribution is 0.0955. The van der Waals surface area contributed by atoms with E-state index >= 15 is 0 Å². The summed E-state index contributed by atoms with van der Waals surface area (Å²) in [6.45, 7) is 0. The minimum Gasteiger partial charge on any atom is -0.393 e. The molecule has 0 aromatic carbocycles. The average molecular weight is 180 g/mol. The maximum Gasteiger partial charge on any atom is 0.0540 e. The van der Waals surface area contributed by atoms with Gasteiger partial charge in [0.25, 0.3) is 0 Å². The van der Waals surface area contributed by atoms with Gasteiger partial charge in [-0.3, -0.25) is 0 Å². The van der Waals surface area contributed by atoms with Crippen molar-refractivity contribution >= 4 is 0 Å². The van der Waals surface area contributed by atoms with Crippen molar-refractivity contribution in [3.05, 3.63) is 12.2 Å². The van der Waals surface area contributed by atoms with Gasteiger partial charge in [-0.15, -0.1) is 0 Å². The van der Waals surface area contributed by atoms with E-state index in [1.807, 2.05) is 0 Å². The lowest BCUT2D eigenvalue weighted by atomic mass is 9.75. The lowest BCUT2D eigenvalue weighted by Gasteiger charge is -2.31. The molecule has 0 aromatic heterocycles. The van der Waals surface area contributed by atoms with Crippen LogP contribution in [0.3, 0.4) is 0 Å². The van der Waals surface area contributed by atoms with Crippen LogP contribution in [0.5, 0.6) is 0 Å². The highest BCUT2D eigenvalue weighted by Gasteiger charge is 2.25. The number of allylic oxidation sites excluding steroid dienone is 2. The van der Waals surface area contributed by atoms with Crippen LogP contribution in [0.2, 0.25) is 0 Å². The van der Waals surface area contributed by atoms with Crippen molar-refractivity contribution < 1.29 is 5.11 Å². The average Bonchev–Trinajstić information content (AvgIpc) is 2.20. The second-order valence-corrected chi connectivity index (χ2v) is 4.59. The van der Waals surface area contributed by atoms with Crippen molar-refractivity contribution in [3.63, 3.8) is 0 Å². The topological polar surface area (TPSA) is 20.2 Å². The third-order valence-corrected chi connectivity index (χ3v) is 3.64. The fourth-order valence-corrected chi connectivity index (χ4v) is 2.76. The molecule has 13 heavy (non-hydrogen) atoms. The van der Waals surface area contributed by atoms with Gasteiger partial charge in [0.05, 0.1) is 6.10 Å². The van der Waals surface area contributed by atoms with Crippen LogP contribution in [0.15, 0.2) is 12.2 Å².